The molecule has 0 spiro atoms. The number of hydrogen-bond donors (Lipinski definition) is 1. The Bertz CT molecular complexity index is 575. The van der Waals surface area contributed by atoms with Crippen LogP contribution in [0.2, 0.25) is 0 Å². The second kappa shape index (κ2) is 4.53. The monoisotopic (exact) mass is 246 g/mol. The van der Waals surface area contributed by atoms with Crippen LogP contribution in [0, 0.1) is 6.92 Å². The van der Waals surface area contributed by atoms with E-state index in [9.17, 15) is 0 Å². The van der Waals surface area contributed by atoms with E-state index in [4.69, 9.17) is 15.2 Å². The van der Waals surface area contributed by atoms with E-state index >= 15 is 0 Å². The van der Waals surface area contributed by atoms with Gasteiger partial charge >= 0.3 is 0 Å². The molecule has 0 saturated carbocycles. The molecular weight excluding hydrogens is 228 g/mol. The molecule has 4 heteroatoms. The van der Waals surface area contributed by atoms with Gasteiger partial charge < -0.3 is 19.8 Å². The Labute approximate surface area is 106 Å². The van der Waals surface area contributed by atoms with Crippen LogP contribution in [-0.2, 0) is 6.54 Å². The lowest BCUT2D eigenvalue weighted by Crippen LogP contribution is -2.15. The number of nitrogens with two attached hydrogens (primary N) is 1. The zero-order valence-corrected chi connectivity index (χ0v) is 10.6. The fourth-order valence-electron chi connectivity index (χ4n) is 2.45. The van der Waals surface area contributed by atoms with Gasteiger partial charge in [-0.15, -0.1) is 0 Å². The van der Waals surface area contributed by atoms with Crippen molar-refractivity contribution < 1.29 is 9.47 Å². The van der Waals surface area contributed by atoms with Crippen LogP contribution in [-0.4, -0.2) is 24.3 Å². The molecule has 0 bridgehead atoms. The second-order valence-electron chi connectivity index (χ2n) is 4.66. The van der Waals surface area contributed by atoms with Gasteiger partial charge in [0.1, 0.15) is 13.2 Å². The predicted octanol–water partition coefficient (Wildman–Crippen LogP) is 2.07. The predicted molar refractivity (Wildman–Crippen MR) is 71.3 cm³/mol. The number of benzene rings is 1. The first-order valence-electron chi connectivity index (χ1n) is 6.39. The topological polar surface area (TPSA) is 49.4 Å². The maximum Gasteiger partial charge on any atom is 0.163 e. The summed E-state index contributed by atoms with van der Waals surface area (Å²) in [4.78, 5) is 0. The molecule has 18 heavy (non-hydrogen) atoms. The SMILES string of the molecule is Cc1cn(CCCN)c2cc3c(cc12)OCCO3. The van der Waals surface area contributed by atoms with Gasteiger partial charge in [0.15, 0.2) is 11.5 Å². The van der Waals surface area contributed by atoms with Crippen LogP contribution < -0.4 is 15.2 Å². The first kappa shape index (κ1) is 11.4. The van der Waals surface area contributed by atoms with Gasteiger partial charge in [0, 0.05) is 24.2 Å². The van der Waals surface area contributed by atoms with Gasteiger partial charge in [0.25, 0.3) is 0 Å². The lowest BCUT2D eigenvalue weighted by atomic mass is 10.1. The summed E-state index contributed by atoms with van der Waals surface area (Å²) in [5.74, 6) is 1.70. The highest BCUT2D eigenvalue weighted by Gasteiger charge is 2.15. The van der Waals surface area contributed by atoms with Crippen molar-refractivity contribution in [2.24, 2.45) is 5.73 Å². The third-order valence-corrected chi connectivity index (χ3v) is 3.35. The molecule has 0 atom stereocenters. The lowest BCUT2D eigenvalue weighted by Gasteiger charge is -2.18. The number of aryl methyl sites for hydroxylation is 2. The van der Waals surface area contributed by atoms with Crippen molar-refractivity contribution in [2.45, 2.75) is 19.9 Å². The Morgan fingerprint density at radius 2 is 1.94 bits per heavy atom. The van der Waals surface area contributed by atoms with E-state index in [0.29, 0.717) is 19.8 Å². The first-order chi connectivity index (χ1) is 8.79. The zero-order valence-electron chi connectivity index (χ0n) is 10.6. The van der Waals surface area contributed by atoms with Gasteiger partial charge in [0.2, 0.25) is 0 Å². The minimum atomic E-state index is 0.626. The van der Waals surface area contributed by atoms with Gasteiger partial charge in [0.05, 0.1) is 5.52 Å². The van der Waals surface area contributed by atoms with E-state index in [2.05, 4.69) is 29.8 Å². The zero-order chi connectivity index (χ0) is 12.5. The maximum absolute atomic E-state index is 5.64. The van der Waals surface area contributed by atoms with E-state index in [1.165, 1.54) is 16.5 Å². The number of rotatable bonds is 3. The van der Waals surface area contributed by atoms with Gasteiger partial charge in [-0.05, 0) is 31.5 Å². The highest BCUT2D eigenvalue weighted by molar-refractivity contribution is 5.87. The van der Waals surface area contributed by atoms with Crippen molar-refractivity contribution in [1.29, 1.82) is 0 Å². The van der Waals surface area contributed by atoms with Crippen LogP contribution in [0.3, 0.4) is 0 Å². The highest BCUT2D eigenvalue weighted by Crippen LogP contribution is 2.36. The Morgan fingerprint density at radius 3 is 2.67 bits per heavy atom. The Morgan fingerprint density at radius 1 is 1.22 bits per heavy atom. The van der Waals surface area contributed by atoms with E-state index in [0.717, 1.165) is 24.5 Å². The molecule has 96 valence electrons. The third kappa shape index (κ3) is 1.82. The van der Waals surface area contributed by atoms with E-state index in [1.807, 2.05) is 0 Å². The van der Waals surface area contributed by atoms with Crippen molar-refractivity contribution >= 4 is 10.9 Å². The third-order valence-electron chi connectivity index (χ3n) is 3.35. The lowest BCUT2D eigenvalue weighted by molar-refractivity contribution is 0.172. The van der Waals surface area contributed by atoms with Crippen LogP contribution in [0.4, 0.5) is 0 Å². The van der Waals surface area contributed by atoms with Crippen LogP contribution in [0.25, 0.3) is 10.9 Å². The smallest absolute Gasteiger partial charge is 0.163 e. The molecule has 4 nitrogen and oxygen atoms in total. The fourth-order valence-corrected chi connectivity index (χ4v) is 2.45. The molecule has 0 saturated heterocycles. The normalized spacial score (nSPS) is 14.1. The van der Waals surface area contributed by atoms with Gasteiger partial charge in [-0.25, -0.2) is 0 Å². The minimum absolute atomic E-state index is 0.626. The molecule has 1 aliphatic heterocycles. The summed E-state index contributed by atoms with van der Waals surface area (Å²) in [7, 11) is 0. The molecule has 1 aromatic carbocycles. The number of aromatic nitrogens is 1. The summed E-state index contributed by atoms with van der Waals surface area (Å²) in [5, 5.41) is 1.23. The summed E-state index contributed by atoms with van der Waals surface area (Å²) in [6.45, 7) is 5.04. The Kier molecular flexibility index (Phi) is 2.88. The molecule has 0 amide bonds. The summed E-state index contributed by atoms with van der Waals surface area (Å²) in [5.41, 5.74) is 8.04. The molecular formula is C14H18N2O2. The summed E-state index contributed by atoms with van der Waals surface area (Å²) in [6, 6.07) is 4.16. The van der Waals surface area contributed by atoms with Crippen LogP contribution >= 0.6 is 0 Å². The first-order valence-corrected chi connectivity index (χ1v) is 6.39. The average Bonchev–Trinajstić information content (AvgIpc) is 2.70. The van der Waals surface area contributed by atoms with Crippen molar-refractivity contribution in [3.8, 4) is 11.5 Å². The molecule has 1 aromatic heterocycles. The Hall–Kier alpha value is -1.68. The van der Waals surface area contributed by atoms with Crippen LogP contribution in [0.5, 0.6) is 11.5 Å². The van der Waals surface area contributed by atoms with Crippen molar-refractivity contribution in [1.82, 2.24) is 4.57 Å². The maximum atomic E-state index is 5.64. The molecule has 0 unspecified atom stereocenters. The molecule has 2 heterocycles. The minimum Gasteiger partial charge on any atom is -0.486 e. The molecule has 2 aromatic rings. The van der Waals surface area contributed by atoms with Crippen molar-refractivity contribution in [2.75, 3.05) is 19.8 Å². The Balaban J connectivity index is 2.10. The molecule has 1 aliphatic rings. The number of hydrogen-bond acceptors (Lipinski definition) is 3. The van der Waals surface area contributed by atoms with Crippen LogP contribution in [0.1, 0.15) is 12.0 Å². The molecule has 0 aliphatic carbocycles. The molecule has 2 N–H and O–H groups in total. The van der Waals surface area contributed by atoms with Gasteiger partial charge in [-0.2, -0.15) is 0 Å². The highest BCUT2D eigenvalue weighted by atomic mass is 16.6. The van der Waals surface area contributed by atoms with E-state index in [1.54, 1.807) is 0 Å². The van der Waals surface area contributed by atoms with Crippen LogP contribution in [0.15, 0.2) is 18.3 Å². The molecule has 0 fully saturated rings. The second-order valence-corrected chi connectivity index (χ2v) is 4.66. The molecule has 0 radical (unpaired) electrons. The van der Waals surface area contributed by atoms with Gasteiger partial charge in [-0.1, -0.05) is 0 Å². The van der Waals surface area contributed by atoms with E-state index in [-0.39, 0.29) is 0 Å². The fraction of sp³-hybridized carbons (Fsp3) is 0.429. The standard InChI is InChI=1S/C14H18N2O2/c1-10-9-16(4-2-3-15)12-8-14-13(7-11(10)12)17-5-6-18-14/h7-9H,2-6,15H2,1H3. The number of ether oxygens (including phenoxy) is 2. The number of fused-ring (bicyclic) bond motifs is 2. The van der Waals surface area contributed by atoms with Crippen molar-refractivity contribution in [3.05, 3.63) is 23.9 Å². The number of nitrogens with zero attached hydrogens (tertiary/aromatic N) is 1. The van der Waals surface area contributed by atoms with E-state index < -0.39 is 0 Å². The summed E-state index contributed by atoms with van der Waals surface area (Å²) in [6.07, 6.45) is 3.16. The van der Waals surface area contributed by atoms with Gasteiger partial charge in [-0.3, -0.25) is 0 Å². The summed E-state index contributed by atoms with van der Waals surface area (Å²) >= 11 is 0. The quantitative estimate of drug-likeness (QED) is 0.902. The average molecular weight is 246 g/mol. The summed E-state index contributed by atoms with van der Waals surface area (Å²) < 4.78 is 13.5. The largest absolute Gasteiger partial charge is 0.486 e. The van der Waals surface area contributed by atoms with Crippen molar-refractivity contribution in [3.63, 3.8) is 0 Å². The molecule has 3 rings (SSSR count).